The van der Waals surface area contributed by atoms with Crippen LogP contribution < -0.4 is 0 Å². The molecule has 1 atom stereocenters. The quantitative estimate of drug-likeness (QED) is 0.822. The third-order valence-electron chi connectivity index (χ3n) is 2.63. The first-order chi connectivity index (χ1) is 7.50. The van der Waals surface area contributed by atoms with Crippen LogP contribution in [-0.4, -0.2) is 13.8 Å². The molecule has 1 heterocycles. The highest BCUT2D eigenvalue weighted by atomic mass is 79.9. The van der Waals surface area contributed by atoms with Gasteiger partial charge >= 0.3 is 0 Å². The molecule has 2 nitrogen and oxygen atoms in total. The second-order valence-electron chi connectivity index (χ2n) is 4.12. The molecule has 1 aromatic carbocycles. The van der Waals surface area contributed by atoms with Gasteiger partial charge in [0.1, 0.15) is 5.82 Å². The van der Waals surface area contributed by atoms with Gasteiger partial charge in [0, 0.05) is 23.9 Å². The molecule has 1 aliphatic rings. The van der Waals surface area contributed by atoms with Crippen molar-refractivity contribution in [1.82, 2.24) is 4.31 Å². The van der Waals surface area contributed by atoms with Gasteiger partial charge in [0.15, 0.2) is 0 Å². The first-order valence-corrected chi connectivity index (χ1v) is 7.08. The zero-order chi connectivity index (χ0) is 11.9. The summed E-state index contributed by atoms with van der Waals surface area (Å²) < 4.78 is 28.0. The minimum atomic E-state index is -1.04. The van der Waals surface area contributed by atoms with E-state index in [1.165, 1.54) is 0 Å². The third kappa shape index (κ3) is 2.08. The predicted molar refractivity (Wildman–Crippen MR) is 66.6 cm³/mol. The molecule has 0 N–H and O–H groups in total. The minimum absolute atomic E-state index is 0.0702. The number of benzene rings is 1. The lowest BCUT2D eigenvalue weighted by Crippen LogP contribution is -2.25. The van der Waals surface area contributed by atoms with E-state index in [-0.39, 0.29) is 11.1 Å². The molecule has 0 fully saturated rings. The summed E-state index contributed by atoms with van der Waals surface area (Å²) in [5, 5.41) is 0.0702. The van der Waals surface area contributed by atoms with Gasteiger partial charge in [-0.3, -0.25) is 0 Å². The van der Waals surface area contributed by atoms with Gasteiger partial charge in [-0.15, -0.1) is 0 Å². The Labute approximate surface area is 106 Å². The fraction of sp³-hybridized carbons (Fsp3) is 0.455. The smallest absolute Gasteiger partial charge is 0.142 e. The van der Waals surface area contributed by atoms with Crippen molar-refractivity contribution in [3.05, 3.63) is 33.5 Å². The maximum atomic E-state index is 13.8. The average Bonchev–Trinajstić information content (AvgIpc) is 2.67. The molecule has 16 heavy (non-hydrogen) atoms. The second kappa shape index (κ2) is 4.55. The van der Waals surface area contributed by atoms with Crippen molar-refractivity contribution in [2.45, 2.75) is 32.2 Å². The van der Waals surface area contributed by atoms with Crippen LogP contribution in [0.15, 0.2) is 16.6 Å². The van der Waals surface area contributed by atoms with E-state index in [1.54, 1.807) is 6.07 Å². The van der Waals surface area contributed by atoms with Crippen LogP contribution in [0.5, 0.6) is 0 Å². The van der Waals surface area contributed by atoms with E-state index >= 15 is 0 Å². The van der Waals surface area contributed by atoms with Gasteiger partial charge in [0.2, 0.25) is 0 Å². The van der Waals surface area contributed by atoms with Crippen LogP contribution in [-0.2, 0) is 24.1 Å². The van der Waals surface area contributed by atoms with E-state index in [4.69, 9.17) is 0 Å². The predicted octanol–water partition coefficient (Wildman–Crippen LogP) is 2.98. The van der Waals surface area contributed by atoms with Gasteiger partial charge in [0.25, 0.3) is 0 Å². The molecule has 0 radical (unpaired) electrons. The van der Waals surface area contributed by atoms with Crippen LogP contribution in [0.25, 0.3) is 0 Å². The molecule has 1 aromatic rings. The maximum Gasteiger partial charge on any atom is 0.142 e. The van der Waals surface area contributed by atoms with E-state index in [0.29, 0.717) is 23.1 Å². The fourth-order valence-electron chi connectivity index (χ4n) is 1.80. The van der Waals surface area contributed by atoms with E-state index in [0.717, 1.165) is 5.56 Å². The van der Waals surface area contributed by atoms with Crippen molar-refractivity contribution in [1.29, 1.82) is 0 Å². The lowest BCUT2D eigenvalue weighted by atomic mass is 10.1. The molecule has 0 bridgehead atoms. The van der Waals surface area contributed by atoms with Gasteiger partial charge in [-0.25, -0.2) is 12.9 Å². The Morgan fingerprint density at radius 2 is 2.12 bits per heavy atom. The minimum Gasteiger partial charge on any atom is -0.242 e. The summed E-state index contributed by atoms with van der Waals surface area (Å²) >= 11 is 3.17. The SMILES string of the molecule is CC(C)S(=O)N1Cc2ccc(Br)c(F)c2C1. The van der Waals surface area contributed by atoms with Gasteiger partial charge in [0.05, 0.1) is 15.5 Å². The fourth-order valence-corrected chi connectivity index (χ4v) is 3.29. The number of hydrogen-bond acceptors (Lipinski definition) is 1. The Kier molecular flexibility index (Phi) is 3.47. The summed E-state index contributed by atoms with van der Waals surface area (Å²) in [6.45, 7) is 4.83. The molecule has 2 rings (SSSR count). The van der Waals surface area contributed by atoms with Crippen molar-refractivity contribution < 1.29 is 8.60 Å². The lowest BCUT2D eigenvalue weighted by Gasteiger charge is -2.16. The zero-order valence-electron chi connectivity index (χ0n) is 9.17. The van der Waals surface area contributed by atoms with Crippen molar-refractivity contribution in [3.63, 3.8) is 0 Å². The molecule has 0 aliphatic carbocycles. The highest BCUT2D eigenvalue weighted by Gasteiger charge is 2.27. The summed E-state index contributed by atoms with van der Waals surface area (Å²) in [7, 11) is -1.04. The third-order valence-corrected chi connectivity index (χ3v) is 4.82. The highest BCUT2D eigenvalue weighted by Crippen LogP contribution is 2.30. The van der Waals surface area contributed by atoms with Crippen molar-refractivity contribution in [2.75, 3.05) is 0 Å². The van der Waals surface area contributed by atoms with Crippen LogP contribution in [0, 0.1) is 5.82 Å². The number of rotatable bonds is 2. The summed E-state index contributed by atoms with van der Waals surface area (Å²) in [4.78, 5) is 0. The Morgan fingerprint density at radius 3 is 2.75 bits per heavy atom. The number of halogens is 2. The maximum absolute atomic E-state index is 13.8. The zero-order valence-corrected chi connectivity index (χ0v) is 11.6. The standard InChI is InChI=1S/C11H13BrFNOS/c1-7(2)16(15)14-5-8-3-4-10(12)11(13)9(8)6-14/h3-4,7H,5-6H2,1-2H3. The summed E-state index contributed by atoms with van der Waals surface area (Å²) in [6.07, 6.45) is 0. The molecule has 1 aliphatic heterocycles. The van der Waals surface area contributed by atoms with E-state index in [2.05, 4.69) is 15.9 Å². The molecular formula is C11H13BrFNOS. The highest BCUT2D eigenvalue weighted by molar-refractivity contribution is 9.10. The molecule has 0 aromatic heterocycles. The van der Waals surface area contributed by atoms with Crippen molar-refractivity contribution in [3.8, 4) is 0 Å². The van der Waals surface area contributed by atoms with E-state index in [9.17, 15) is 8.60 Å². The second-order valence-corrected chi connectivity index (χ2v) is 6.99. The van der Waals surface area contributed by atoms with Crippen molar-refractivity contribution >= 4 is 26.9 Å². The first-order valence-electron chi connectivity index (χ1n) is 5.12. The molecular weight excluding hydrogens is 293 g/mol. The number of fused-ring (bicyclic) bond motifs is 1. The molecule has 88 valence electrons. The average molecular weight is 306 g/mol. The van der Waals surface area contributed by atoms with Gasteiger partial charge in [-0.2, -0.15) is 0 Å². The monoisotopic (exact) mass is 305 g/mol. The topological polar surface area (TPSA) is 20.3 Å². The van der Waals surface area contributed by atoms with E-state index < -0.39 is 11.0 Å². The van der Waals surface area contributed by atoms with Crippen LogP contribution in [0.2, 0.25) is 0 Å². The van der Waals surface area contributed by atoms with Crippen LogP contribution >= 0.6 is 15.9 Å². The summed E-state index contributed by atoms with van der Waals surface area (Å²) in [5.74, 6) is -0.222. The molecule has 0 amide bonds. The van der Waals surface area contributed by atoms with E-state index in [1.807, 2.05) is 24.2 Å². The number of nitrogens with zero attached hydrogens (tertiary/aromatic N) is 1. The normalized spacial score (nSPS) is 17.8. The molecule has 0 saturated heterocycles. The van der Waals surface area contributed by atoms with Gasteiger partial charge < -0.3 is 0 Å². The lowest BCUT2D eigenvalue weighted by molar-refractivity contribution is 0.463. The van der Waals surface area contributed by atoms with Gasteiger partial charge in [-0.05, 0) is 41.4 Å². The Balaban J connectivity index is 2.28. The first kappa shape index (κ1) is 12.2. The van der Waals surface area contributed by atoms with Crippen LogP contribution in [0.1, 0.15) is 25.0 Å². The largest absolute Gasteiger partial charge is 0.242 e. The summed E-state index contributed by atoms with van der Waals surface area (Å²) in [6, 6.07) is 3.59. The van der Waals surface area contributed by atoms with Gasteiger partial charge in [-0.1, -0.05) is 6.07 Å². The summed E-state index contributed by atoms with van der Waals surface area (Å²) in [5.41, 5.74) is 1.61. The Morgan fingerprint density at radius 1 is 1.44 bits per heavy atom. The Hall–Kier alpha value is -0.260. The molecule has 0 saturated carbocycles. The van der Waals surface area contributed by atoms with Crippen LogP contribution in [0.4, 0.5) is 4.39 Å². The van der Waals surface area contributed by atoms with Crippen molar-refractivity contribution in [2.24, 2.45) is 0 Å². The molecule has 0 spiro atoms. The Bertz CT molecular complexity index is 450. The molecule has 1 unspecified atom stereocenters. The number of hydrogen-bond donors (Lipinski definition) is 0. The van der Waals surface area contributed by atoms with Crippen LogP contribution in [0.3, 0.4) is 0 Å². The molecule has 5 heteroatoms.